The van der Waals surface area contributed by atoms with Crippen molar-refractivity contribution in [3.05, 3.63) is 69.4 Å². The number of halogens is 2. The highest BCUT2D eigenvalue weighted by Gasteiger charge is 2.35. The van der Waals surface area contributed by atoms with Gasteiger partial charge in [-0.3, -0.25) is 14.5 Å². The Morgan fingerprint density at radius 3 is 2.15 bits per heavy atom. The van der Waals surface area contributed by atoms with E-state index in [0.717, 1.165) is 4.90 Å². The molecule has 0 radical (unpaired) electrons. The summed E-state index contributed by atoms with van der Waals surface area (Å²) < 4.78 is 14.3. The molecule has 2 aromatic rings. The average molecular weight is 334 g/mol. The molecule has 0 spiro atoms. The molecule has 3 nitrogen and oxygen atoms in total. The number of benzene rings is 2. The third kappa shape index (κ3) is 1.94. The number of hydrogen-bond acceptors (Lipinski definition) is 2. The van der Waals surface area contributed by atoms with Crippen LogP contribution in [0.25, 0.3) is 0 Å². The van der Waals surface area contributed by atoms with E-state index in [0.29, 0.717) is 21.2 Å². The lowest BCUT2D eigenvalue weighted by Crippen LogP contribution is -2.29. The molecule has 0 saturated carbocycles. The summed E-state index contributed by atoms with van der Waals surface area (Å²) in [6, 6.07) is 11.4. The summed E-state index contributed by atoms with van der Waals surface area (Å²) in [5.41, 5.74) is 1.04. The van der Waals surface area contributed by atoms with E-state index in [4.69, 9.17) is 0 Å². The minimum atomic E-state index is -0.455. The third-order valence-electron chi connectivity index (χ3n) is 3.24. The highest BCUT2D eigenvalue weighted by Crippen LogP contribution is 2.26. The van der Waals surface area contributed by atoms with E-state index in [1.807, 2.05) is 0 Å². The van der Waals surface area contributed by atoms with Gasteiger partial charge in [0, 0.05) is 5.56 Å². The van der Waals surface area contributed by atoms with Crippen molar-refractivity contribution in [2.24, 2.45) is 0 Å². The van der Waals surface area contributed by atoms with Crippen molar-refractivity contribution < 1.29 is 14.0 Å². The number of hydrogen-bond donors (Lipinski definition) is 0. The van der Waals surface area contributed by atoms with E-state index >= 15 is 0 Å². The lowest BCUT2D eigenvalue weighted by molar-refractivity contribution is 0.0641. The summed E-state index contributed by atoms with van der Waals surface area (Å²) >= 11 is 3.09. The minimum Gasteiger partial charge on any atom is -0.270 e. The van der Waals surface area contributed by atoms with Gasteiger partial charge in [0.05, 0.1) is 22.1 Å². The molecule has 100 valence electrons. The smallest absolute Gasteiger partial charge is 0.261 e. The second-order valence-electron chi connectivity index (χ2n) is 4.45. The molecular weight excluding hydrogens is 325 g/mol. The van der Waals surface area contributed by atoms with Gasteiger partial charge in [-0.15, -0.1) is 0 Å². The van der Waals surface area contributed by atoms with Gasteiger partial charge in [-0.2, -0.15) is 0 Å². The predicted molar refractivity (Wildman–Crippen MR) is 74.7 cm³/mol. The van der Waals surface area contributed by atoms with Crippen LogP contribution in [0, 0.1) is 5.82 Å². The molecule has 1 aliphatic rings. The molecule has 5 heteroatoms. The topological polar surface area (TPSA) is 37.4 Å². The number of nitrogens with zero attached hydrogens (tertiary/aromatic N) is 1. The highest BCUT2D eigenvalue weighted by atomic mass is 79.9. The molecule has 1 aliphatic heterocycles. The maximum absolute atomic E-state index is 13.9. The molecule has 2 aromatic carbocycles. The number of carbonyl (C=O) groups excluding carboxylic acids is 2. The van der Waals surface area contributed by atoms with Crippen LogP contribution in [0.1, 0.15) is 26.3 Å². The molecule has 1 heterocycles. The van der Waals surface area contributed by atoms with Gasteiger partial charge < -0.3 is 0 Å². The van der Waals surface area contributed by atoms with Gasteiger partial charge in [-0.1, -0.05) is 24.3 Å². The van der Waals surface area contributed by atoms with Gasteiger partial charge >= 0.3 is 0 Å². The Hall–Kier alpha value is -2.01. The first-order valence-corrected chi connectivity index (χ1v) is 6.77. The Bertz CT molecular complexity index is 695. The molecule has 3 rings (SSSR count). The largest absolute Gasteiger partial charge is 0.270 e. The van der Waals surface area contributed by atoms with Crippen LogP contribution in [0.3, 0.4) is 0 Å². The normalized spacial score (nSPS) is 13.8. The second kappa shape index (κ2) is 4.83. The summed E-state index contributed by atoms with van der Waals surface area (Å²) in [6.07, 6.45) is 0. The molecule has 20 heavy (non-hydrogen) atoms. The molecule has 0 aliphatic carbocycles. The highest BCUT2D eigenvalue weighted by molar-refractivity contribution is 9.10. The molecule has 2 amide bonds. The van der Waals surface area contributed by atoms with E-state index in [-0.39, 0.29) is 18.4 Å². The molecule has 0 atom stereocenters. The maximum atomic E-state index is 13.9. The van der Waals surface area contributed by atoms with Crippen LogP contribution >= 0.6 is 15.9 Å². The Morgan fingerprint density at radius 2 is 1.55 bits per heavy atom. The van der Waals surface area contributed by atoms with Crippen molar-refractivity contribution in [3.63, 3.8) is 0 Å². The predicted octanol–water partition coefficient (Wildman–Crippen LogP) is 3.38. The first-order chi connectivity index (χ1) is 9.59. The Kier molecular flexibility index (Phi) is 3.14. The fourth-order valence-electron chi connectivity index (χ4n) is 2.22. The van der Waals surface area contributed by atoms with Crippen LogP contribution in [-0.4, -0.2) is 16.7 Å². The zero-order valence-corrected chi connectivity index (χ0v) is 11.9. The first-order valence-electron chi connectivity index (χ1n) is 5.97. The van der Waals surface area contributed by atoms with Crippen molar-refractivity contribution >= 4 is 27.7 Å². The number of imide groups is 1. The standard InChI is InChI=1S/C15H9BrFNO2/c16-12-7-3-4-9(13(12)17)8-18-14(19)10-5-1-2-6-11(10)15(18)20/h1-7H,8H2. The van der Waals surface area contributed by atoms with Crippen LogP contribution in [0.4, 0.5) is 4.39 Å². The Balaban J connectivity index is 1.96. The van der Waals surface area contributed by atoms with E-state index < -0.39 is 5.82 Å². The van der Waals surface area contributed by atoms with Crippen LogP contribution in [-0.2, 0) is 6.54 Å². The molecule has 0 N–H and O–H groups in total. The number of rotatable bonds is 2. The first kappa shape index (κ1) is 13.0. The lowest BCUT2D eigenvalue weighted by atomic mass is 10.1. The van der Waals surface area contributed by atoms with E-state index in [1.165, 1.54) is 0 Å². The fraction of sp³-hybridized carbons (Fsp3) is 0.0667. The molecular formula is C15H9BrFNO2. The number of fused-ring (bicyclic) bond motifs is 1. The Labute approximate surface area is 123 Å². The number of carbonyl (C=O) groups is 2. The zero-order chi connectivity index (χ0) is 14.3. The lowest BCUT2D eigenvalue weighted by Gasteiger charge is -2.14. The van der Waals surface area contributed by atoms with E-state index in [9.17, 15) is 14.0 Å². The van der Waals surface area contributed by atoms with Crippen molar-refractivity contribution in [1.29, 1.82) is 0 Å². The summed E-state index contributed by atoms with van der Waals surface area (Å²) in [5, 5.41) is 0. The van der Waals surface area contributed by atoms with Crippen molar-refractivity contribution in [2.75, 3.05) is 0 Å². The van der Waals surface area contributed by atoms with Crippen molar-refractivity contribution in [3.8, 4) is 0 Å². The Morgan fingerprint density at radius 1 is 0.950 bits per heavy atom. The SMILES string of the molecule is O=C1c2ccccc2C(=O)N1Cc1cccc(Br)c1F. The maximum Gasteiger partial charge on any atom is 0.261 e. The van der Waals surface area contributed by atoms with Crippen LogP contribution in [0.2, 0.25) is 0 Å². The zero-order valence-electron chi connectivity index (χ0n) is 10.3. The van der Waals surface area contributed by atoms with Crippen LogP contribution < -0.4 is 0 Å². The summed E-state index contributed by atoms with van der Waals surface area (Å²) in [6.45, 7) is -0.0718. The molecule has 0 fully saturated rings. The molecule has 0 aromatic heterocycles. The van der Waals surface area contributed by atoms with Crippen LogP contribution in [0.5, 0.6) is 0 Å². The van der Waals surface area contributed by atoms with Gasteiger partial charge in [-0.05, 0) is 34.1 Å². The van der Waals surface area contributed by atoms with Gasteiger partial charge in [0.25, 0.3) is 11.8 Å². The summed E-state index contributed by atoms with van der Waals surface area (Å²) in [5.74, 6) is -1.22. The quantitative estimate of drug-likeness (QED) is 0.790. The molecule has 0 saturated heterocycles. The number of amides is 2. The fourth-order valence-corrected chi connectivity index (χ4v) is 2.63. The van der Waals surface area contributed by atoms with Gasteiger partial charge in [0.15, 0.2) is 0 Å². The molecule has 0 bridgehead atoms. The van der Waals surface area contributed by atoms with E-state index in [2.05, 4.69) is 15.9 Å². The van der Waals surface area contributed by atoms with Gasteiger partial charge in [-0.25, -0.2) is 4.39 Å². The van der Waals surface area contributed by atoms with Crippen molar-refractivity contribution in [2.45, 2.75) is 6.54 Å². The second-order valence-corrected chi connectivity index (χ2v) is 5.31. The molecule has 0 unspecified atom stereocenters. The van der Waals surface area contributed by atoms with Gasteiger partial charge in [0.1, 0.15) is 5.82 Å². The monoisotopic (exact) mass is 333 g/mol. The van der Waals surface area contributed by atoms with Crippen LogP contribution in [0.15, 0.2) is 46.9 Å². The summed E-state index contributed by atoms with van der Waals surface area (Å²) in [4.78, 5) is 25.4. The average Bonchev–Trinajstić information content (AvgIpc) is 2.69. The third-order valence-corrected chi connectivity index (χ3v) is 3.85. The van der Waals surface area contributed by atoms with Gasteiger partial charge in [0.2, 0.25) is 0 Å². The minimum absolute atomic E-state index is 0.0718. The van der Waals surface area contributed by atoms with E-state index in [1.54, 1.807) is 42.5 Å². The van der Waals surface area contributed by atoms with Crippen molar-refractivity contribution in [1.82, 2.24) is 4.90 Å². The summed E-state index contributed by atoms with van der Waals surface area (Å²) in [7, 11) is 0.